The Bertz CT molecular complexity index is 729. The number of rotatable bonds is 5. The van der Waals surface area contributed by atoms with E-state index in [2.05, 4.69) is 10.3 Å². The van der Waals surface area contributed by atoms with Crippen LogP contribution in [0.25, 0.3) is 10.8 Å². The van der Waals surface area contributed by atoms with Crippen LogP contribution in [-0.4, -0.2) is 22.0 Å². The molecule has 1 heterocycles. The molecule has 1 amide bonds. The number of benzene rings is 2. The molecule has 3 rings (SSSR count). The van der Waals surface area contributed by atoms with Crippen LogP contribution in [0.5, 0.6) is 0 Å². The molecule has 0 fully saturated rings. The first-order valence-electron chi connectivity index (χ1n) is 7.06. The quantitative estimate of drug-likeness (QED) is 0.730. The molecule has 0 unspecified atom stereocenters. The summed E-state index contributed by atoms with van der Waals surface area (Å²) in [7, 11) is 0. The lowest BCUT2D eigenvalue weighted by Gasteiger charge is -2.08. The molecule has 0 radical (unpaired) electrons. The van der Waals surface area contributed by atoms with Gasteiger partial charge in [-0.05, 0) is 23.3 Å². The predicted octanol–water partition coefficient (Wildman–Crippen LogP) is 2.86. The third-order valence-corrected chi connectivity index (χ3v) is 3.47. The number of aryl methyl sites for hydroxylation is 1. The van der Waals surface area contributed by atoms with E-state index in [4.69, 9.17) is 0 Å². The molecule has 0 aliphatic heterocycles. The van der Waals surface area contributed by atoms with Gasteiger partial charge >= 0.3 is 0 Å². The van der Waals surface area contributed by atoms with Crippen molar-refractivity contribution < 1.29 is 4.79 Å². The first-order chi connectivity index (χ1) is 10.3. The van der Waals surface area contributed by atoms with E-state index in [1.165, 1.54) is 0 Å². The van der Waals surface area contributed by atoms with Gasteiger partial charge in [0, 0.05) is 31.0 Å². The van der Waals surface area contributed by atoms with Crippen molar-refractivity contribution in [2.45, 2.75) is 13.0 Å². The van der Waals surface area contributed by atoms with Gasteiger partial charge in [-0.1, -0.05) is 36.4 Å². The van der Waals surface area contributed by atoms with Crippen molar-refractivity contribution in [3.63, 3.8) is 0 Å². The van der Waals surface area contributed by atoms with Crippen molar-refractivity contribution in [1.29, 1.82) is 0 Å². The van der Waals surface area contributed by atoms with E-state index in [1.54, 1.807) is 12.5 Å². The second kappa shape index (κ2) is 6.22. The number of carbonyl (C=O) groups excluding carboxylic acids is 1. The fourth-order valence-corrected chi connectivity index (χ4v) is 2.40. The number of hydrogen-bond donors (Lipinski definition) is 1. The highest BCUT2D eigenvalue weighted by Crippen LogP contribution is 2.18. The lowest BCUT2D eigenvalue weighted by Crippen LogP contribution is -2.25. The van der Waals surface area contributed by atoms with Gasteiger partial charge in [0.1, 0.15) is 0 Å². The zero-order valence-corrected chi connectivity index (χ0v) is 11.7. The van der Waals surface area contributed by atoms with Gasteiger partial charge in [-0.25, -0.2) is 4.98 Å². The van der Waals surface area contributed by atoms with E-state index >= 15 is 0 Å². The molecular weight excluding hydrogens is 262 g/mol. The lowest BCUT2D eigenvalue weighted by molar-refractivity contribution is 0.0954. The number of imidazole rings is 1. The summed E-state index contributed by atoms with van der Waals surface area (Å²) in [5.41, 5.74) is 0.732. The van der Waals surface area contributed by atoms with Crippen LogP contribution in [0.15, 0.2) is 61.2 Å². The van der Waals surface area contributed by atoms with E-state index < -0.39 is 0 Å². The van der Waals surface area contributed by atoms with Crippen molar-refractivity contribution in [3.05, 3.63) is 66.7 Å². The molecule has 21 heavy (non-hydrogen) atoms. The van der Waals surface area contributed by atoms with Crippen molar-refractivity contribution in [1.82, 2.24) is 14.9 Å². The first kappa shape index (κ1) is 13.4. The summed E-state index contributed by atoms with van der Waals surface area (Å²) < 4.78 is 2.00. The summed E-state index contributed by atoms with van der Waals surface area (Å²) in [5.74, 6) is -0.0163. The van der Waals surface area contributed by atoms with E-state index in [9.17, 15) is 4.79 Å². The molecule has 1 N–H and O–H groups in total. The van der Waals surface area contributed by atoms with Gasteiger partial charge in [-0.3, -0.25) is 4.79 Å². The van der Waals surface area contributed by atoms with Crippen LogP contribution >= 0.6 is 0 Å². The maximum absolute atomic E-state index is 12.3. The van der Waals surface area contributed by atoms with Crippen LogP contribution in [0, 0.1) is 0 Å². The van der Waals surface area contributed by atoms with Gasteiger partial charge in [0.15, 0.2) is 0 Å². The number of amides is 1. The molecule has 0 bridgehead atoms. The molecule has 2 aromatic carbocycles. The molecule has 0 aliphatic carbocycles. The van der Waals surface area contributed by atoms with Gasteiger partial charge in [0.2, 0.25) is 0 Å². The monoisotopic (exact) mass is 279 g/mol. The van der Waals surface area contributed by atoms with Gasteiger partial charge in [-0.2, -0.15) is 0 Å². The minimum atomic E-state index is -0.0163. The highest BCUT2D eigenvalue weighted by Gasteiger charge is 2.08. The Morgan fingerprint density at radius 2 is 2.00 bits per heavy atom. The zero-order valence-electron chi connectivity index (χ0n) is 11.7. The highest BCUT2D eigenvalue weighted by atomic mass is 16.1. The lowest BCUT2D eigenvalue weighted by atomic mass is 10.0. The Labute approximate surface area is 123 Å². The molecule has 4 nitrogen and oxygen atoms in total. The molecule has 0 saturated heterocycles. The molecule has 0 spiro atoms. The van der Waals surface area contributed by atoms with Gasteiger partial charge in [0.05, 0.1) is 6.33 Å². The summed E-state index contributed by atoms with van der Waals surface area (Å²) in [6.45, 7) is 1.51. The largest absolute Gasteiger partial charge is 0.352 e. The van der Waals surface area contributed by atoms with Gasteiger partial charge < -0.3 is 9.88 Å². The van der Waals surface area contributed by atoms with Crippen molar-refractivity contribution in [2.75, 3.05) is 6.54 Å². The average molecular weight is 279 g/mol. The Morgan fingerprint density at radius 1 is 1.14 bits per heavy atom. The van der Waals surface area contributed by atoms with E-state index in [0.29, 0.717) is 6.54 Å². The maximum Gasteiger partial charge on any atom is 0.251 e. The minimum Gasteiger partial charge on any atom is -0.352 e. The van der Waals surface area contributed by atoms with Crippen LogP contribution in [-0.2, 0) is 6.54 Å². The predicted molar refractivity (Wildman–Crippen MR) is 83.1 cm³/mol. The number of aromatic nitrogens is 2. The number of fused-ring (bicyclic) bond motifs is 1. The summed E-state index contributed by atoms with van der Waals surface area (Å²) in [4.78, 5) is 16.3. The van der Waals surface area contributed by atoms with Crippen LogP contribution in [0.4, 0.5) is 0 Å². The number of hydrogen-bond acceptors (Lipinski definition) is 2. The van der Waals surface area contributed by atoms with E-state index in [-0.39, 0.29) is 5.91 Å². The molecular formula is C17H17N3O. The second-order valence-electron chi connectivity index (χ2n) is 4.94. The standard InChI is InChI=1S/C17H17N3O/c21-17(19-9-4-11-20-12-10-18-13-20)16-8-3-6-14-5-1-2-7-15(14)16/h1-3,5-8,10,12-13H,4,9,11H2,(H,19,21). The molecule has 0 aliphatic rings. The molecule has 0 saturated carbocycles. The summed E-state index contributed by atoms with van der Waals surface area (Å²) >= 11 is 0. The Balaban J connectivity index is 1.62. The third kappa shape index (κ3) is 3.11. The topological polar surface area (TPSA) is 46.9 Å². The summed E-state index contributed by atoms with van der Waals surface area (Å²) in [6, 6.07) is 13.7. The van der Waals surface area contributed by atoms with Gasteiger partial charge in [-0.15, -0.1) is 0 Å². The molecule has 3 aromatic rings. The Kier molecular flexibility index (Phi) is 3.96. The van der Waals surface area contributed by atoms with Crippen LogP contribution < -0.4 is 5.32 Å². The Morgan fingerprint density at radius 3 is 2.86 bits per heavy atom. The van der Waals surface area contributed by atoms with Crippen molar-refractivity contribution in [3.8, 4) is 0 Å². The van der Waals surface area contributed by atoms with Crippen LogP contribution in [0.3, 0.4) is 0 Å². The third-order valence-electron chi connectivity index (χ3n) is 3.47. The smallest absolute Gasteiger partial charge is 0.251 e. The second-order valence-corrected chi connectivity index (χ2v) is 4.94. The summed E-state index contributed by atoms with van der Waals surface area (Å²) in [5, 5.41) is 5.06. The zero-order chi connectivity index (χ0) is 14.5. The van der Waals surface area contributed by atoms with Crippen molar-refractivity contribution in [2.24, 2.45) is 0 Å². The number of nitrogens with one attached hydrogen (secondary N) is 1. The average Bonchev–Trinajstić information content (AvgIpc) is 3.04. The van der Waals surface area contributed by atoms with Crippen molar-refractivity contribution >= 4 is 16.7 Å². The first-order valence-corrected chi connectivity index (χ1v) is 7.06. The number of nitrogens with zero attached hydrogens (tertiary/aromatic N) is 2. The van der Waals surface area contributed by atoms with Crippen LogP contribution in [0.1, 0.15) is 16.8 Å². The SMILES string of the molecule is O=C(NCCCn1ccnc1)c1cccc2ccccc12. The van der Waals surface area contributed by atoms with E-state index in [0.717, 1.165) is 29.3 Å². The fourth-order valence-electron chi connectivity index (χ4n) is 2.40. The van der Waals surface area contributed by atoms with E-state index in [1.807, 2.05) is 53.2 Å². The van der Waals surface area contributed by atoms with Gasteiger partial charge in [0.25, 0.3) is 5.91 Å². The molecule has 106 valence electrons. The normalized spacial score (nSPS) is 10.7. The highest BCUT2D eigenvalue weighted by molar-refractivity contribution is 6.06. The van der Waals surface area contributed by atoms with Crippen LogP contribution in [0.2, 0.25) is 0 Å². The minimum absolute atomic E-state index is 0.0163. The Hall–Kier alpha value is -2.62. The fraction of sp³-hybridized carbons (Fsp3) is 0.176. The summed E-state index contributed by atoms with van der Waals surface area (Å²) in [6.07, 6.45) is 6.35. The molecule has 0 atom stereocenters. The maximum atomic E-state index is 12.3. The number of carbonyl (C=O) groups is 1. The molecule has 1 aromatic heterocycles. The molecule has 4 heteroatoms.